The third-order valence-corrected chi connectivity index (χ3v) is 3.81. The zero-order valence-electron chi connectivity index (χ0n) is 12.6. The normalized spacial score (nSPS) is 27.9. The maximum atomic E-state index is 13.9. The number of rotatable bonds is 5. The van der Waals surface area contributed by atoms with Gasteiger partial charge in [0.15, 0.2) is 17.7 Å². The largest absolute Gasteiger partial charge is 0.493 e. The second-order valence-electron chi connectivity index (χ2n) is 5.55. The highest BCUT2D eigenvalue weighted by molar-refractivity contribution is 5.75. The summed E-state index contributed by atoms with van der Waals surface area (Å²) in [7, 11) is 2.69. The van der Waals surface area contributed by atoms with Crippen LogP contribution in [-0.2, 0) is 14.3 Å². The molecule has 1 aromatic carbocycles. The van der Waals surface area contributed by atoms with Gasteiger partial charge in [0.25, 0.3) is 0 Å². The molecule has 7 heteroatoms. The molecule has 5 nitrogen and oxygen atoms in total. The Bertz CT molecular complexity index is 577. The molecule has 0 aliphatic carbocycles. The topological polar surface area (TPSA) is 65.0 Å². The van der Waals surface area contributed by atoms with Crippen LogP contribution in [-0.4, -0.2) is 43.6 Å². The molecule has 0 spiro atoms. The van der Waals surface area contributed by atoms with Gasteiger partial charge in [-0.1, -0.05) is 6.07 Å². The standard InChI is InChI=1S/C15H18F2O5/c1-15(7-20-2)6-9(13(22-15)14(18)19)8-4-5-10(16)11(17)12(8)21-3/h4-5,9,13H,6-7H2,1-3H3,(H,18,19)/t9?,13-,15?/m0/s1. The molecule has 1 N–H and O–H groups in total. The highest BCUT2D eigenvalue weighted by Crippen LogP contribution is 2.45. The van der Waals surface area contributed by atoms with Crippen molar-refractivity contribution in [2.45, 2.75) is 31.0 Å². The Labute approximate surface area is 126 Å². The molecule has 2 rings (SSSR count). The van der Waals surface area contributed by atoms with Gasteiger partial charge in [0.2, 0.25) is 5.82 Å². The van der Waals surface area contributed by atoms with E-state index in [1.54, 1.807) is 6.92 Å². The molecule has 1 heterocycles. The molecule has 0 aromatic heterocycles. The third kappa shape index (κ3) is 2.91. The Kier molecular flexibility index (Phi) is 4.67. The number of hydrogen-bond donors (Lipinski definition) is 1. The van der Waals surface area contributed by atoms with E-state index in [2.05, 4.69) is 0 Å². The van der Waals surface area contributed by atoms with Crippen molar-refractivity contribution in [1.82, 2.24) is 0 Å². The molecule has 22 heavy (non-hydrogen) atoms. The molecule has 1 saturated heterocycles. The average Bonchev–Trinajstić information content (AvgIpc) is 2.80. The molecule has 0 amide bonds. The molecule has 0 bridgehead atoms. The van der Waals surface area contributed by atoms with Gasteiger partial charge in [-0.2, -0.15) is 4.39 Å². The van der Waals surface area contributed by atoms with E-state index in [1.807, 2.05) is 0 Å². The zero-order valence-corrected chi connectivity index (χ0v) is 12.6. The van der Waals surface area contributed by atoms with Crippen LogP contribution in [0.25, 0.3) is 0 Å². The maximum absolute atomic E-state index is 13.9. The van der Waals surface area contributed by atoms with Crippen LogP contribution in [0.5, 0.6) is 5.75 Å². The highest BCUT2D eigenvalue weighted by atomic mass is 19.2. The van der Waals surface area contributed by atoms with Crippen molar-refractivity contribution in [2.75, 3.05) is 20.8 Å². The van der Waals surface area contributed by atoms with E-state index in [-0.39, 0.29) is 17.9 Å². The first-order valence-corrected chi connectivity index (χ1v) is 6.74. The molecule has 0 radical (unpaired) electrons. The van der Waals surface area contributed by atoms with E-state index in [4.69, 9.17) is 14.2 Å². The van der Waals surface area contributed by atoms with Crippen molar-refractivity contribution in [3.8, 4) is 5.75 Å². The fourth-order valence-electron chi connectivity index (χ4n) is 2.95. The first-order valence-electron chi connectivity index (χ1n) is 6.74. The number of aliphatic carboxylic acids is 1. The van der Waals surface area contributed by atoms with Gasteiger partial charge in [-0.05, 0) is 19.4 Å². The first-order chi connectivity index (χ1) is 10.3. The number of hydrogen-bond acceptors (Lipinski definition) is 4. The van der Waals surface area contributed by atoms with E-state index >= 15 is 0 Å². The molecule has 3 atom stereocenters. The fourth-order valence-corrected chi connectivity index (χ4v) is 2.95. The van der Waals surface area contributed by atoms with Gasteiger partial charge in [-0.15, -0.1) is 0 Å². The summed E-state index contributed by atoms with van der Waals surface area (Å²) < 4.78 is 42.8. The summed E-state index contributed by atoms with van der Waals surface area (Å²) in [4.78, 5) is 11.5. The minimum absolute atomic E-state index is 0.194. The van der Waals surface area contributed by atoms with Crippen LogP contribution in [0.3, 0.4) is 0 Å². The predicted octanol–water partition coefficient (Wildman–Crippen LogP) is 2.34. The third-order valence-electron chi connectivity index (χ3n) is 3.81. The molecular weight excluding hydrogens is 298 g/mol. The van der Waals surface area contributed by atoms with Crippen molar-refractivity contribution in [3.63, 3.8) is 0 Å². The van der Waals surface area contributed by atoms with Crippen LogP contribution in [0.4, 0.5) is 8.78 Å². The Morgan fingerprint density at radius 1 is 1.45 bits per heavy atom. The van der Waals surface area contributed by atoms with E-state index in [0.717, 1.165) is 6.07 Å². The van der Waals surface area contributed by atoms with Gasteiger partial charge < -0.3 is 19.3 Å². The molecule has 1 fully saturated rings. The average molecular weight is 316 g/mol. The first kappa shape index (κ1) is 16.6. The van der Waals surface area contributed by atoms with E-state index in [0.29, 0.717) is 6.42 Å². The zero-order chi connectivity index (χ0) is 16.5. The van der Waals surface area contributed by atoms with Crippen molar-refractivity contribution in [3.05, 3.63) is 29.3 Å². The highest BCUT2D eigenvalue weighted by Gasteiger charge is 2.48. The summed E-state index contributed by atoms with van der Waals surface area (Å²) >= 11 is 0. The van der Waals surface area contributed by atoms with Crippen LogP contribution < -0.4 is 4.74 Å². The lowest BCUT2D eigenvalue weighted by Crippen LogP contribution is -2.32. The van der Waals surface area contributed by atoms with Crippen LogP contribution >= 0.6 is 0 Å². The van der Waals surface area contributed by atoms with Crippen molar-refractivity contribution in [2.24, 2.45) is 0 Å². The lowest BCUT2D eigenvalue weighted by atomic mass is 9.86. The quantitative estimate of drug-likeness (QED) is 0.903. The number of carboxylic acid groups (broad SMARTS) is 1. The van der Waals surface area contributed by atoms with Gasteiger partial charge in [0.05, 0.1) is 19.3 Å². The van der Waals surface area contributed by atoms with Crippen molar-refractivity contribution < 1.29 is 32.9 Å². The number of carboxylic acids is 1. The summed E-state index contributed by atoms with van der Waals surface area (Å²) in [5, 5.41) is 9.36. The number of halogens is 2. The van der Waals surface area contributed by atoms with Crippen LogP contribution in [0.1, 0.15) is 24.8 Å². The van der Waals surface area contributed by atoms with Crippen molar-refractivity contribution in [1.29, 1.82) is 0 Å². The molecule has 1 aliphatic rings. The molecule has 122 valence electrons. The van der Waals surface area contributed by atoms with Crippen LogP contribution in [0.15, 0.2) is 12.1 Å². The minimum atomic E-state index is -1.18. The molecule has 2 unspecified atom stereocenters. The maximum Gasteiger partial charge on any atom is 0.333 e. The SMILES string of the molecule is COCC1(C)CC(c2ccc(F)c(F)c2OC)[C@@H](C(=O)O)O1. The summed E-state index contributed by atoms with van der Waals surface area (Å²) in [6.45, 7) is 1.91. The van der Waals surface area contributed by atoms with Crippen molar-refractivity contribution >= 4 is 5.97 Å². The Hall–Kier alpha value is -1.73. The summed E-state index contributed by atoms with van der Waals surface area (Å²) in [5.41, 5.74) is -0.549. The number of benzene rings is 1. The lowest BCUT2D eigenvalue weighted by molar-refractivity contribution is -0.156. The summed E-state index contributed by atoms with van der Waals surface area (Å²) in [5.74, 6) is -4.31. The Morgan fingerprint density at radius 2 is 2.14 bits per heavy atom. The van der Waals surface area contributed by atoms with Gasteiger partial charge >= 0.3 is 5.97 Å². The van der Waals surface area contributed by atoms with Gasteiger partial charge in [0, 0.05) is 18.6 Å². The Balaban J connectivity index is 2.46. The molecular formula is C15H18F2O5. The monoisotopic (exact) mass is 316 g/mol. The fraction of sp³-hybridized carbons (Fsp3) is 0.533. The second-order valence-corrected chi connectivity index (χ2v) is 5.55. The molecule has 1 aliphatic heterocycles. The second kappa shape index (κ2) is 6.18. The Morgan fingerprint density at radius 3 is 2.68 bits per heavy atom. The van der Waals surface area contributed by atoms with Crippen LogP contribution in [0, 0.1) is 11.6 Å². The van der Waals surface area contributed by atoms with Gasteiger partial charge in [-0.25, -0.2) is 9.18 Å². The predicted molar refractivity (Wildman–Crippen MR) is 73.1 cm³/mol. The molecule has 0 saturated carbocycles. The van der Waals surface area contributed by atoms with E-state index in [1.165, 1.54) is 20.3 Å². The summed E-state index contributed by atoms with van der Waals surface area (Å²) in [6.07, 6.45) is -0.891. The van der Waals surface area contributed by atoms with Gasteiger partial charge in [-0.3, -0.25) is 0 Å². The van der Waals surface area contributed by atoms with Gasteiger partial charge in [0.1, 0.15) is 0 Å². The lowest BCUT2D eigenvalue weighted by Gasteiger charge is -2.22. The summed E-state index contributed by atoms with van der Waals surface area (Å²) in [6, 6.07) is 2.29. The van der Waals surface area contributed by atoms with E-state index < -0.39 is 35.2 Å². The number of carbonyl (C=O) groups is 1. The van der Waals surface area contributed by atoms with Crippen LogP contribution in [0.2, 0.25) is 0 Å². The molecule has 1 aromatic rings. The van der Waals surface area contributed by atoms with E-state index in [9.17, 15) is 18.7 Å². The minimum Gasteiger partial charge on any atom is -0.493 e. The smallest absolute Gasteiger partial charge is 0.333 e. The number of ether oxygens (including phenoxy) is 3. The number of methoxy groups -OCH3 is 2.